The van der Waals surface area contributed by atoms with Gasteiger partial charge in [0.2, 0.25) is 5.91 Å². The van der Waals surface area contributed by atoms with E-state index in [1.54, 1.807) is 0 Å². The van der Waals surface area contributed by atoms with Gasteiger partial charge in [0.05, 0.1) is 39.9 Å². The maximum Gasteiger partial charge on any atom is 0.472 e. The summed E-state index contributed by atoms with van der Waals surface area (Å²) in [5.74, 6) is -0.134. The quantitative estimate of drug-likeness (QED) is 0.0318. The number of hydrogen-bond donors (Lipinski definition) is 3. The minimum absolute atomic E-state index is 0.0793. The van der Waals surface area contributed by atoms with Gasteiger partial charge in [0.15, 0.2) is 0 Å². The number of rotatable bonds is 59. The minimum Gasteiger partial charge on any atom is -0.391 e. The van der Waals surface area contributed by atoms with Crippen LogP contribution in [0.1, 0.15) is 335 Å². The fraction of sp³-hybridized carbons (Fsp3) is 0.984. The molecule has 0 bridgehead atoms. The number of carbonyl (C=O) groups is 1. The highest BCUT2D eigenvalue weighted by Gasteiger charge is 2.28. The second-order valence-electron chi connectivity index (χ2n) is 23.2. The molecular weight excluding hydrogens is 888 g/mol. The molecule has 0 aliphatic rings. The molecule has 0 aliphatic carbocycles. The Labute approximate surface area is 438 Å². The lowest BCUT2D eigenvalue weighted by atomic mass is 10.0. The molecule has 0 aliphatic heterocycles. The van der Waals surface area contributed by atoms with Gasteiger partial charge in [-0.15, -0.1) is 0 Å². The first kappa shape index (κ1) is 69.5. The maximum absolute atomic E-state index is 13.0. The molecule has 8 nitrogen and oxygen atoms in total. The van der Waals surface area contributed by atoms with Crippen molar-refractivity contribution in [3.05, 3.63) is 0 Å². The molecule has 0 rings (SSSR count). The molecule has 0 spiro atoms. The van der Waals surface area contributed by atoms with Gasteiger partial charge in [-0.1, -0.05) is 316 Å². The Morgan fingerprint density at radius 2 is 0.686 bits per heavy atom. The lowest BCUT2D eigenvalue weighted by molar-refractivity contribution is -0.870. The van der Waals surface area contributed by atoms with E-state index < -0.39 is 20.0 Å². The van der Waals surface area contributed by atoms with Crippen LogP contribution in [0.25, 0.3) is 0 Å². The maximum atomic E-state index is 13.0. The molecule has 0 aromatic rings. The Morgan fingerprint density at radius 1 is 0.429 bits per heavy atom. The van der Waals surface area contributed by atoms with E-state index in [9.17, 15) is 19.4 Å². The first-order valence-electron chi connectivity index (χ1n) is 31.4. The third kappa shape index (κ3) is 55.3. The summed E-state index contributed by atoms with van der Waals surface area (Å²) >= 11 is 0. The van der Waals surface area contributed by atoms with Crippen molar-refractivity contribution < 1.29 is 32.9 Å². The number of aliphatic hydroxyl groups is 1. The third-order valence-corrected chi connectivity index (χ3v) is 15.8. The highest BCUT2D eigenvalue weighted by Crippen LogP contribution is 2.43. The average molecular weight is 1010 g/mol. The number of likely N-dealkylation sites (N-methyl/N-ethyl adjacent to an activating group) is 1. The van der Waals surface area contributed by atoms with E-state index in [1.165, 1.54) is 270 Å². The van der Waals surface area contributed by atoms with Crippen LogP contribution in [0.5, 0.6) is 0 Å². The number of amides is 1. The van der Waals surface area contributed by atoms with Crippen molar-refractivity contribution in [2.24, 2.45) is 0 Å². The fourth-order valence-corrected chi connectivity index (χ4v) is 10.7. The molecule has 3 atom stereocenters. The highest BCUT2D eigenvalue weighted by atomic mass is 31.2. The number of quaternary nitrogens is 1. The number of nitrogens with zero attached hydrogens (tertiary/aromatic N) is 1. The number of unbranched alkanes of at least 4 members (excludes halogenated alkanes) is 46. The molecule has 3 N–H and O–H groups in total. The lowest BCUT2D eigenvalue weighted by Gasteiger charge is -2.26. The summed E-state index contributed by atoms with van der Waals surface area (Å²) in [7, 11) is 1.64. The SMILES string of the molecule is CCCCCCCCCCCCCCCCCCCCCCCCCCCC(=O)NC(COP(=O)(O)OCC[N+](C)(C)C)C(O)CCCCCCCCCCCCCCCCCCCCCCCCC. The summed E-state index contributed by atoms with van der Waals surface area (Å²) in [5.41, 5.74) is 0. The van der Waals surface area contributed by atoms with Gasteiger partial charge in [0.1, 0.15) is 13.2 Å². The van der Waals surface area contributed by atoms with Gasteiger partial charge in [-0.25, -0.2) is 4.57 Å². The first-order valence-corrected chi connectivity index (χ1v) is 32.9. The van der Waals surface area contributed by atoms with Crippen molar-refractivity contribution in [1.82, 2.24) is 5.32 Å². The molecule has 1 amide bonds. The van der Waals surface area contributed by atoms with Crippen LogP contribution in [0.4, 0.5) is 0 Å². The summed E-state index contributed by atoms with van der Waals surface area (Å²) in [5, 5.41) is 14.1. The molecule has 3 unspecified atom stereocenters. The van der Waals surface area contributed by atoms with Gasteiger partial charge < -0.3 is 19.8 Å². The summed E-state index contributed by atoms with van der Waals surface area (Å²) in [4.78, 5) is 23.4. The second kappa shape index (κ2) is 53.3. The molecule has 0 saturated heterocycles. The van der Waals surface area contributed by atoms with Crippen molar-refractivity contribution >= 4 is 13.7 Å². The van der Waals surface area contributed by atoms with Gasteiger partial charge in [-0.2, -0.15) is 0 Å². The van der Waals surface area contributed by atoms with E-state index in [0.717, 1.165) is 38.5 Å². The van der Waals surface area contributed by atoms with Gasteiger partial charge in [0.25, 0.3) is 0 Å². The Hall–Kier alpha value is -0.500. The zero-order valence-corrected chi connectivity index (χ0v) is 48.9. The molecule has 70 heavy (non-hydrogen) atoms. The number of hydrogen-bond acceptors (Lipinski definition) is 5. The highest BCUT2D eigenvalue weighted by molar-refractivity contribution is 7.47. The van der Waals surface area contributed by atoms with E-state index >= 15 is 0 Å². The summed E-state index contributed by atoms with van der Waals surface area (Å²) in [6.07, 6.45) is 64.6. The number of nitrogens with one attached hydrogen (secondary N) is 1. The molecular formula is C61H126N2O6P+. The molecule has 0 saturated carbocycles. The van der Waals surface area contributed by atoms with Crippen LogP contribution in [0.2, 0.25) is 0 Å². The zero-order valence-electron chi connectivity index (χ0n) is 48.1. The van der Waals surface area contributed by atoms with Crippen LogP contribution in [-0.4, -0.2) is 73.4 Å². The Morgan fingerprint density at radius 3 is 0.957 bits per heavy atom. The molecule has 0 fully saturated rings. The van der Waals surface area contributed by atoms with Crippen molar-refractivity contribution in [3.63, 3.8) is 0 Å². The largest absolute Gasteiger partial charge is 0.472 e. The molecule has 0 heterocycles. The Kier molecular flexibility index (Phi) is 52.9. The molecule has 420 valence electrons. The van der Waals surface area contributed by atoms with Crippen LogP contribution < -0.4 is 5.32 Å². The molecule has 0 aromatic carbocycles. The normalized spacial score (nSPS) is 13.8. The van der Waals surface area contributed by atoms with Crippen LogP contribution in [0, 0.1) is 0 Å². The van der Waals surface area contributed by atoms with Crippen molar-refractivity contribution in [2.75, 3.05) is 40.9 Å². The summed E-state index contributed by atoms with van der Waals surface area (Å²) < 4.78 is 23.8. The van der Waals surface area contributed by atoms with Crippen LogP contribution in [0.15, 0.2) is 0 Å². The summed E-state index contributed by atoms with van der Waals surface area (Å²) in [6, 6.07) is -0.756. The topological polar surface area (TPSA) is 105 Å². The number of phosphoric acid groups is 1. The first-order chi connectivity index (χ1) is 34.0. The predicted octanol–water partition coefficient (Wildman–Crippen LogP) is 19.2. The van der Waals surface area contributed by atoms with Crippen LogP contribution in [-0.2, 0) is 18.4 Å². The van der Waals surface area contributed by atoms with E-state index in [-0.39, 0.29) is 19.1 Å². The molecule has 0 radical (unpaired) electrons. The third-order valence-electron chi connectivity index (χ3n) is 14.9. The molecule has 0 aromatic heterocycles. The van der Waals surface area contributed by atoms with Crippen molar-refractivity contribution in [2.45, 2.75) is 347 Å². The van der Waals surface area contributed by atoms with Gasteiger partial charge in [-0.3, -0.25) is 13.8 Å². The Balaban J connectivity index is 4.07. The monoisotopic (exact) mass is 1010 g/mol. The van der Waals surface area contributed by atoms with Crippen molar-refractivity contribution in [3.8, 4) is 0 Å². The zero-order chi connectivity index (χ0) is 51.3. The lowest BCUT2D eigenvalue weighted by Crippen LogP contribution is -2.46. The van der Waals surface area contributed by atoms with E-state index in [4.69, 9.17) is 9.05 Å². The van der Waals surface area contributed by atoms with Gasteiger partial charge in [0, 0.05) is 6.42 Å². The van der Waals surface area contributed by atoms with Crippen molar-refractivity contribution in [1.29, 1.82) is 0 Å². The van der Waals surface area contributed by atoms with Gasteiger partial charge in [-0.05, 0) is 12.8 Å². The molecule has 9 heteroatoms. The number of phosphoric ester groups is 1. The van der Waals surface area contributed by atoms with Crippen LogP contribution in [0.3, 0.4) is 0 Å². The predicted molar refractivity (Wildman–Crippen MR) is 305 cm³/mol. The Bertz CT molecular complexity index is 1100. The standard InChI is InChI=1S/C61H125N2O6P/c1-6-8-10-12-14-16-18-20-22-24-26-28-30-31-33-35-37-39-41-43-45-47-49-51-53-55-61(65)62-59(58-69-70(66,67)68-57-56-63(3,4)5)60(64)54-52-50-48-46-44-42-40-38-36-34-32-29-27-25-23-21-19-17-15-13-11-9-7-2/h59-60,64H,6-58H2,1-5H3,(H-,62,65,66,67)/p+1. The average Bonchev–Trinajstić information content (AvgIpc) is 3.32. The fourth-order valence-electron chi connectivity index (χ4n) is 9.93. The number of aliphatic hydroxyl groups excluding tert-OH is 1. The van der Waals surface area contributed by atoms with E-state index in [2.05, 4.69) is 19.2 Å². The minimum atomic E-state index is -4.32. The van der Waals surface area contributed by atoms with E-state index in [0.29, 0.717) is 23.9 Å². The smallest absolute Gasteiger partial charge is 0.391 e. The summed E-state index contributed by atoms with van der Waals surface area (Å²) in [6.45, 7) is 4.96. The van der Waals surface area contributed by atoms with Crippen LogP contribution >= 0.6 is 7.82 Å². The van der Waals surface area contributed by atoms with E-state index in [1.807, 2.05) is 21.1 Å². The number of carbonyl (C=O) groups excluding carboxylic acids is 1. The van der Waals surface area contributed by atoms with Gasteiger partial charge >= 0.3 is 7.82 Å². The second-order valence-corrected chi connectivity index (χ2v) is 24.6.